The number of rotatable bonds is 5. The number of hydrogen-bond acceptors (Lipinski definition) is 3. The third-order valence-electron chi connectivity index (χ3n) is 2.91. The largest absolute Gasteiger partial charge is 0.279 e. The minimum atomic E-state index is -4.25. The summed E-state index contributed by atoms with van der Waals surface area (Å²) in [6.07, 6.45) is 0. The smallest absolute Gasteiger partial charge is 0.266 e. The van der Waals surface area contributed by atoms with Crippen molar-refractivity contribution in [1.82, 2.24) is 0 Å². The van der Waals surface area contributed by atoms with Crippen molar-refractivity contribution < 1.29 is 13.2 Å². The first-order valence-electron chi connectivity index (χ1n) is 6.24. The van der Waals surface area contributed by atoms with Crippen LogP contribution in [-0.4, -0.2) is 20.2 Å². The predicted molar refractivity (Wildman–Crippen MR) is 98.3 cm³/mol. The van der Waals surface area contributed by atoms with Gasteiger partial charge in [0.1, 0.15) is 11.4 Å². The maximum Gasteiger partial charge on any atom is 0.266 e. The minimum absolute atomic E-state index is 0.0298. The van der Waals surface area contributed by atoms with Crippen molar-refractivity contribution in [3.05, 3.63) is 56.5 Å². The van der Waals surface area contributed by atoms with Crippen molar-refractivity contribution in [3.63, 3.8) is 0 Å². The van der Waals surface area contributed by atoms with E-state index in [1.807, 2.05) is 0 Å². The van der Waals surface area contributed by atoms with Crippen molar-refractivity contribution in [2.75, 3.05) is 10.8 Å². The first-order valence-corrected chi connectivity index (χ1v) is 9.57. The van der Waals surface area contributed by atoms with Gasteiger partial charge < -0.3 is 0 Å². The molecule has 24 heavy (non-hydrogen) atoms. The fourth-order valence-electron chi connectivity index (χ4n) is 1.89. The van der Waals surface area contributed by atoms with Crippen LogP contribution in [0.2, 0.25) is 20.1 Å². The zero-order chi connectivity index (χ0) is 18.1. The molecule has 0 bridgehead atoms. The molecule has 2 rings (SSSR count). The highest BCUT2D eigenvalue weighted by Gasteiger charge is 2.30. The van der Waals surface area contributed by atoms with Crippen LogP contribution in [0.4, 0.5) is 5.69 Å². The van der Waals surface area contributed by atoms with Gasteiger partial charge in [-0.15, -0.1) is 0 Å². The Morgan fingerprint density at radius 2 is 1.50 bits per heavy atom. The van der Waals surface area contributed by atoms with Crippen LogP contribution in [0.25, 0.3) is 0 Å². The number of carbonyl (C=O) groups is 1. The fourth-order valence-corrected chi connectivity index (χ4v) is 4.82. The van der Waals surface area contributed by atoms with E-state index in [2.05, 4.69) is 0 Å². The summed E-state index contributed by atoms with van der Waals surface area (Å²) in [5.41, 5.74) is 0.0334. The van der Waals surface area contributed by atoms with Crippen LogP contribution < -0.4 is 4.31 Å². The molecule has 0 saturated heterocycles. The second-order valence-corrected chi connectivity index (χ2v) is 8.48. The normalized spacial score (nSPS) is 11.4. The molecule has 0 amide bonds. The van der Waals surface area contributed by atoms with E-state index in [0.29, 0.717) is 5.02 Å². The first-order chi connectivity index (χ1) is 11.1. The van der Waals surface area contributed by atoms with E-state index in [1.54, 1.807) is 0 Å². The number of nitrogens with zero attached hydrogens (tertiary/aromatic N) is 1. The zero-order valence-corrected chi connectivity index (χ0v) is 16.2. The van der Waals surface area contributed by atoms with Gasteiger partial charge in [-0.1, -0.05) is 46.4 Å². The number of halogens is 5. The summed E-state index contributed by atoms with van der Waals surface area (Å²) in [5.74, 6) is 0. The highest BCUT2D eigenvalue weighted by Crippen LogP contribution is 2.35. The molecule has 4 nitrogen and oxygen atoms in total. The summed E-state index contributed by atoms with van der Waals surface area (Å²) in [7, 11) is -4.25. The molecule has 0 fully saturated rings. The van der Waals surface area contributed by atoms with E-state index in [-0.39, 0.29) is 25.7 Å². The third kappa shape index (κ3) is 4.28. The molecular formula is C14H8Cl5NO3S. The van der Waals surface area contributed by atoms with Crippen LogP contribution in [0.1, 0.15) is 0 Å². The fraction of sp³-hybridized carbons (Fsp3) is 0.0714. The van der Waals surface area contributed by atoms with Gasteiger partial charge in [0, 0.05) is 10.0 Å². The van der Waals surface area contributed by atoms with Crippen LogP contribution in [0.5, 0.6) is 0 Å². The summed E-state index contributed by atoms with van der Waals surface area (Å²) in [6.45, 7) is -0.645. The summed E-state index contributed by atoms with van der Waals surface area (Å²) in [6, 6.07) is 8.09. The van der Waals surface area contributed by atoms with Gasteiger partial charge in [-0.2, -0.15) is 0 Å². The van der Waals surface area contributed by atoms with E-state index in [9.17, 15) is 13.2 Å². The Kier molecular flexibility index (Phi) is 6.29. The van der Waals surface area contributed by atoms with Gasteiger partial charge in [0.2, 0.25) is 5.24 Å². The predicted octanol–water partition coefficient (Wildman–Crippen LogP) is 5.26. The second kappa shape index (κ2) is 7.68. The maximum atomic E-state index is 13.0. The monoisotopic (exact) mass is 445 g/mol. The van der Waals surface area contributed by atoms with Gasteiger partial charge in [0.25, 0.3) is 10.0 Å². The molecule has 2 aromatic rings. The van der Waals surface area contributed by atoms with Crippen LogP contribution in [-0.2, 0) is 14.8 Å². The lowest BCUT2D eigenvalue weighted by Crippen LogP contribution is -2.35. The van der Waals surface area contributed by atoms with Crippen molar-refractivity contribution in [2.24, 2.45) is 0 Å². The maximum absolute atomic E-state index is 13.0. The molecule has 0 atom stereocenters. The minimum Gasteiger partial charge on any atom is -0.279 e. The third-order valence-corrected chi connectivity index (χ3v) is 6.04. The number of hydrogen-bond donors (Lipinski definition) is 0. The number of anilines is 1. The summed E-state index contributed by atoms with van der Waals surface area (Å²) in [5, 5.41) is -0.460. The highest BCUT2D eigenvalue weighted by atomic mass is 35.5. The molecule has 0 spiro atoms. The molecule has 0 saturated carbocycles. The molecule has 0 aliphatic rings. The Balaban J connectivity index is 2.66. The average molecular weight is 448 g/mol. The Bertz CT molecular complexity index is 901. The van der Waals surface area contributed by atoms with Crippen LogP contribution in [0, 0.1) is 0 Å². The van der Waals surface area contributed by atoms with E-state index in [0.717, 1.165) is 4.31 Å². The Hall–Kier alpha value is -0.690. The van der Waals surface area contributed by atoms with Crippen LogP contribution in [0.15, 0.2) is 41.3 Å². The molecule has 0 heterocycles. The van der Waals surface area contributed by atoms with Gasteiger partial charge in [0.15, 0.2) is 0 Å². The molecular weight excluding hydrogens is 439 g/mol. The van der Waals surface area contributed by atoms with Crippen LogP contribution >= 0.6 is 58.0 Å². The number of sulfonamides is 1. The standard InChI is InChI=1S/C14H8Cl5NO3S/c15-8-2-4-12(11(18)5-8)20(7-14(19)21)24(22,23)13-6-9(16)1-3-10(13)17/h1-6H,7H2. The zero-order valence-electron chi connectivity index (χ0n) is 11.6. The van der Waals surface area contributed by atoms with E-state index < -0.39 is 21.8 Å². The Morgan fingerprint density at radius 3 is 2.08 bits per heavy atom. The van der Waals surface area contributed by atoms with Gasteiger partial charge >= 0.3 is 0 Å². The van der Waals surface area contributed by atoms with E-state index >= 15 is 0 Å². The molecule has 2 aromatic carbocycles. The average Bonchev–Trinajstić information content (AvgIpc) is 2.47. The van der Waals surface area contributed by atoms with Gasteiger partial charge in [-0.25, -0.2) is 8.42 Å². The topological polar surface area (TPSA) is 54.5 Å². The van der Waals surface area contributed by atoms with Crippen molar-refractivity contribution in [3.8, 4) is 0 Å². The molecule has 0 N–H and O–H groups in total. The molecule has 10 heteroatoms. The van der Waals surface area contributed by atoms with Crippen molar-refractivity contribution in [1.29, 1.82) is 0 Å². The van der Waals surface area contributed by atoms with Gasteiger partial charge in [-0.05, 0) is 48.0 Å². The molecule has 128 valence electrons. The van der Waals surface area contributed by atoms with Crippen molar-refractivity contribution in [2.45, 2.75) is 4.90 Å². The lowest BCUT2D eigenvalue weighted by Gasteiger charge is -2.24. The molecule has 0 aromatic heterocycles. The Morgan fingerprint density at radius 1 is 0.917 bits per heavy atom. The van der Waals surface area contributed by atoms with Crippen molar-refractivity contribution >= 4 is 79.0 Å². The summed E-state index contributed by atoms with van der Waals surface area (Å²) in [4.78, 5) is 11.1. The SMILES string of the molecule is O=C(Cl)CN(c1ccc(Cl)cc1Cl)S(=O)(=O)c1cc(Cl)ccc1Cl. The number of carbonyl (C=O) groups excluding carboxylic acids is 1. The molecule has 0 aliphatic heterocycles. The highest BCUT2D eigenvalue weighted by molar-refractivity contribution is 7.93. The van der Waals surface area contributed by atoms with Gasteiger partial charge in [0.05, 0.1) is 15.7 Å². The lowest BCUT2D eigenvalue weighted by molar-refractivity contribution is -0.110. The molecule has 0 aliphatic carbocycles. The van der Waals surface area contributed by atoms with Gasteiger partial charge in [-0.3, -0.25) is 9.10 Å². The molecule has 0 unspecified atom stereocenters. The van der Waals surface area contributed by atoms with E-state index in [1.165, 1.54) is 36.4 Å². The van der Waals surface area contributed by atoms with Crippen LogP contribution in [0.3, 0.4) is 0 Å². The second-order valence-electron chi connectivity index (χ2n) is 4.54. The first kappa shape index (κ1) is 19.6. The Labute approximate surface area is 163 Å². The van der Waals surface area contributed by atoms with E-state index in [4.69, 9.17) is 58.0 Å². The summed E-state index contributed by atoms with van der Waals surface area (Å²) >= 11 is 29.1. The summed E-state index contributed by atoms with van der Waals surface area (Å²) < 4.78 is 26.7. The molecule has 0 radical (unpaired) electrons. The number of benzene rings is 2. The lowest BCUT2D eigenvalue weighted by atomic mass is 10.3. The quantitative estimate of drug-likeness (QED) is 0.588.